The van der Waals surface area contributed by atoms with Crippen molar-refractivity contribution in [3.8, 4) is 0 Å². The highest BCUT2D eigenvalue weighted by atomic mass is 14.9. The van der Waals surface area contributed by atoms with Gasteiger partial charge in [-0.2, -0.15) is 0 Å². The molecule has 17 heavy (non-hydrogen) atoms. The smallest absolute Gasteiger partial charge is 0.0369 e. The fraction of sp³-hybridized carbons (Fsp3) is 0.625. The number of nitrogens with one attached hydrogen (secondary N) is 1. The summed E-state index contributed by atoms with van der Waals surface area (Å²) in [5, 5.41) is 3.72. The summed E-state index contributed by atoms with van der Waals surface area (Å²) in [6.07, 6.45) is 0. The summed E-state index contributed by atoms with van der Waals surface area (Å²) in [6.45, 7) is 14.7. The van der Waals surface area contributed by atoms with E-state index in [2.05, 4.69) is 77.2 Å². The van der Waals surface area contributed by atoms with Gasteiger partial charge in [-0.3, -0.25) is 0 Å². The van der Waals surface area contributed by atoms with Crippen LogP contribution in [0, 0.1) is 10.8 Å². The molecule has 0 radical (unpaired) electrons. The molecule has 1 heteroatoms. The van der Waals surface area contributed by atoms with Crippen LogP contribution < -0.4 is 5.32 Å². The van der Waals surface area contributed by atoms with Gasteiger partial charge in [0.2, 0.25) is 0 Å². The van der Waals surface area contributed by atoms with E-state index >= 15 is 0 Å². The van der Waals surface area contributed by atoms with Crippen LogP contribution >= 0.6 is 0 Å². The van der Waals surface area contributed by atoms with Gasteiger partial charge in [0.1, 0.15) is 0 Å². The highest BCUT2D eigenvalue weighted by Crippen LogP contribution is 2.33. The Bertz CT molecular complexity index is 327. The Morgan fingerprint density at radius 1 is 0.941 bits per heavy atom. The Kier molecular flexibility index (Phi) is 4.37. The van der Waals surface area contributed by atoms with Gasteiger partial charge in [-0.05, 0) is 16.4 Å². The molecular formula is C16H27N. The lowest BCUT2D eigenvalue weighted by Crippen LogP contribution is -2.37. The molecule has 1 aromatic rings. The molecule has 96 valence electrons. The van der Waals surface area contributed by atoms with Gasteiger partial charge < -0.3 is 5.32 Å². The van der Waals surface area contributed by atoms with Crippen molar-refractivity contribution >= 4 is 0 Å². The van der Waals surface area contributed by atoms with E-state index in [-0.39, 0.29) is 5.41 Å². The number of hydrogen-bond donors (Lipinski definition) is 1. The van der Waals surface area contributed by atoms with Gasteiger partial charge in [-0.1, -0.05) is 71.9 Å². The van der Waals surface area contributed by atoms with Gasteiger partial charge in [0.05, 0.1) is 0 Å². The monoisotopic (exact) mass is 233 g/mol. The van der Waals surface area contributed by atoms with E-state index in [1.165, 1.54) is 5.56 Å². The van der Waals surface area contributed by atoms with Gasteiger partial charge in [0.15, 0.2) is 0 Å². The maximum absolute atomic E-state index is 3.72. The molecule has 0 bridgehead atoms. The Balaban J connectivity index is 2.83. The molecule has 1 aromatic carbocycles. The Morgan fingerprint density at radius 2 is 1.47 bits per heavy atom. The molecule has 1 nitrogen and oxygen atoms in total. The minimum Gasteiger partial charge on any atom is -0.309 e. The van der Waals surface area contributed by atoms with E-state index in [9.17, 15) is 0 Å². The minimum atomic E-state index is 0.229. The zero-order chi connectivity index (χ0) is 13.1. The van der Waals surface area contributed by atoms with Crippen molar-refractivity contribution in [2.24, 2.45) is 10.8 Å². The van der Waals surface area contributed by atoms with Crippen LogP contribution in [-0.4, -0.2) is 6.54 Å². The predicted molar refractivity (Wildman–Crippen MR) is 76.1 cm³/mol. The number of hydrogen-bond acceptors (Lipinski definition) is 1. The predicted octanol–water partition coefficient (Wildman–Crippen LogP) is 4.41. The summed E-state index contributed by atoms with van der Waals surface area (Å²) >= 11 is 0. The van der Waals surface area contributed by atoms with E-state index in [1.807, 2.05) is 0 Å². The lowest BCUT2D eigenvalue weighted by Gasteiger charge is -2.34. The third-order valence-corrected chi connectivity index (χ3v) is 2.84. The average Bonchev–Trinajstić information content (AvgIpc) is 2.15. The zero-order valence-corrected chi connectivity index (χ0v) is 12.2. The summed E-state index contributed by atoms with van der Waals surface area (Å²) in [6, 6.07) is 11.1. The van der Waals surface area contributed by atoms with Crippen molar-refractivity contribution in [1.82, 2.24) is 5.32 Å². The molecule has 0 amide bonds. The van der Waals surface area contributed by atoms with Crippen molar-refractivity contribution in [2.75, 3.05) is 6.54 Å². The van der Waals surface area contributed by atoms with Crippen molar-refractivity contribution in [3.05, 3.63) is 35.9 Å². The Morgan fingerprint density at radius 3 is 1.88 bits per heavy atom. The lowest BCUT2D eigenvalue weighted by atomic mass is 9.81. The summed E-state index contributed by atoms with van der Waals surface area (Å²) < 4.78 is 0. The van der Waals surface area contributed by atoms with Crippen LogP contribution in [0.2, 0.25) is 0 Å². The zero-order valence-electron chi connectivity index (χ0n) is 12.2. The molecule has 0 aliphatic heterocycles. The summed E-state index contributed by atoms with van der Waals surface area (Å²) in [4.78, 5) is 0. The molecule has 1 N–H and O–H groups in total. The topological polar surface area (TPSA) is 12.0 Å². The maximum atomic E-state index is 3.72. The molecule has 0 aromatic heterocycles. The van der Waals surface area contributed by atoms with Gasteiger partial charge >= 0.3 is 0 Å². The molecule has 0 spiro atoms. The third-order valence-electron chi connectivity index (χ3n) is 2.84. The molecule has 0 aliphatic carbocycles. The van der Waals surface area contributed by atoms with Crippen LogP contribution in [0.3, 0.4) is 0 Å². The summed E-state index contributed by atoms with van der Waals surface area (Å²) in [7, 11) is 0. The Hall–Kier alpha value is -0.820. The van der Waals surface area contributed by atoms with Gasteiger partial charge in [-0.25, -0.2) is 0 Å². The van der Waals surface area contributed by atoms with E-state index in [0.29, 0.717) is 11.5 Å². The standard InChI is InChI=1S/C16H27N/c1-15(2,3)12-17-14(16(4,5)6)13-10-8-7-9-11-13/h7-11,14,17H,12H2,1-6H3. The van der Waals surface area contributed by atoms with Gasteiger partial charge in [-0.15, -0.1) is 0 Å². The van der Waals surface area contributed by atoms with Crippen LogP contribution in [0.15, 0.2) is 30.3 Å². The van der Waals surface area contributed by atoms with Crippen molar-refractivity contribution in [3.63, 3.8) is 0 Å². The molecule has 0 saturated carbocycles. The van der Waals surface area contributed by atoms with Crippen LogP contribution in [0.5, 0.6) is 0 Å². The lowest BCUT2D eigenvalue weighted by molar-refractivity contribution is 0.241. The van der Waals surface area contributed by atoms with Gasteiger partial charge in [0.25, 0.3) is 0 Å². The van der Waals surface area contributed by atoms with Crippen LogP contribution in [0.25, 0.3) is 0 Å². The number of rotatable bonds is 3. The van der Waals surface area contributed by atoms with Crippen molar-refractivity contribution in [2.45, 2.75) is 47.6 Å². The second-order valence-corrected chi connectivity index (χ2v) is 7.15. The fourth-order valence-corrected chi connectivity index (χ4v) is 1.98. The number of benzene rings is 1. The van der Waals surface area contributed by atoms with E-state index in [4.69, 9.17) is 0 Å². The van der Waals surface area contributed by atoms with E-state index in [0.717, 1.165) is 6.54 Å². The quantitative estimate of drug-likeness (QED) is 0.815. The molecule has 0 heterocycles. The highest BCUT2D eigenvalue weighted by molar-refractivity contribution is 5.20. The highest BCUT2D eigenvalue weighted by Gasteiger charge is 2.26. The summed E-state index contributed by atoms with van der Waals surface area (Å²) in [5.74, 6) is 0. The molecule has 0 saturated heterocycles. The average molecular weight is 233 g/mol. The third kappa shape index (κ3) is 4.91. The van der Waals surface area contributed by atoms with E-state index in [1.54, 1.807) is 0 Å². The molecule has 0 aliphatic rings. The first-order valence-electron chi connectivity index (χ1n) is 6.48. The first-order valence-corrected chi connectivity index (χ1v) is 6.48. The Labute approximate surface area is 107 Å². The first kappa shape index (κ1) is 14.2. The second-order valence-electron chi connectivity index (χ2n) is 7.15. The van der Waals surface area contributed by atoms with Gasteiger partial charge in [0, 0.05) is 12.6 Å². The van der Waals surface area contributed by atoms with Crippen LogP contribution in [-0.2, 0) is 0 Å². The van der Waals surface area contributed by atoms with E-state index < -0.39 is 0 Å². The molecule has 0 fully saturated rings. The molecule has 1 rings (SSSR count). The summed E-state index contributed by atoms with van der Waals surface area (Å²) in [5.41, 5.74) is 1.93. The molecule has 1 unspecified atom stereocenters. The molecule has 1 atom stereocenters. The minimum absolute atomic E-state index is 0.229. The van der Waals surface area contributed by atoms with Crippen LogP contribution in [0.1, 0.15) is 53.1 Å². The van der Waals surface area contributed by atoms with Crippen molar-refractivity contribution in [1.29, 1.82) is 0 Å². The maximum Gasteiger partial charge on any atom is 0.0369 e. The van der Waals surface area contributed by atoms with Crippen LogP contribution in [0.4, 0.5) is 0 Å². The first-order chi connectivity index (χ1) is 7.70. The largest absolute Gasteiger partial charge is 0.309 e. The fourth-order valence-electron chi connectivity index (χ4n) is 1.98. The second kappa shape index (κ2) is 5.22. The SMILES string of the molecule is CC(C)(C)CNC(c1ccccc1)C(C)(C)C. The van der Waals surface area contributed by atoms with Crippen molar-refractivity contribution < 1.29 is 0 Å². The normalized spacial score (nSPS) is 14.7. The molecular weight excluding hydrogens is 206 g/mol.